The molecular weight excluding hydrogens is 460 g/mol. The van der Waals surface area contributed by atoms with Crippen molar-refractivity contribution in [1.82, 2.24) is 10.6 Å². The molecule has 3 aromatic rings. The van der Waals surface area contributed by atoms with Crippen molar-refractivity contribution in [1.29, 1.82) is 0 Å². The van der Waals surface area contributed by atoms with Gasteiger partial charge in [-0.25, -0.2) is 0 Å². The van der Waals surface area contributed by atoms with Gasteiger partial charge in [0.1, 0.15) is 0 Å². The van der Waals surface area contributed by atoms with E-state index in [1.54, 1.807) is 48.5 Å². The van der Waals surface area contributed by atoms with Gasteiger partial charge in [-0.15, -0.1) is 0 Å². The lowest BCUT2D eigenvalue weighted by Gasteiger charge is -2.09. The molecular formula is C28H20N2O6. The molecule has 2 aliphatic carbocycles. The van der Waals surface area contributed by atoms with Crippen LogP contribution < -0.4 is 10.6 Å². The second kappa shape index (κ2) is 9.14. The quantitative estimate of drug-likeness (QED) is 0.522. The van der Waals surface area contributed by atoms with Gasteiger partial charge in [0, 0.05) is 35.3 Å². The van der Waals surface area contributed by atoms with Gasteiger partial charge in [0.15, 0.2) is 35.0 Å². The summed E-state index contributed by atoms with van der Waals surface area (Å²) in [4.78, 5) is 77.2. The Hall–Kier alpha value is -4.72. The molecule has 5 rings (SSSR count). The Labute approximate surface area is 205 Å². The average molecular weight is 480 g/mol. The number of ketones is 4. The summed E-state index contributed by atoms with van der Waals surface area (Å²) in [7, 11) is 0. The number of nitrogens with one attached hydrogen (secondary N) is 2. The summed E-state index contributed by atoms with van der Waals surface area (Å²) in [5, 5.41) is 5.19. The largest absolute Gasteiger partial charge is 0.351 e. The van der Waals surface area contributed by atoms with Gasteiger partial charge in [0.25, 0.3) is 0 Å². The topological polar surface area (TPSA) is 126 Å². The van der Waals surface area contributed by atoms with Crippen LogP contribution in [0.2, 0.25) is 0 Å². The predicted molar refractivity (Wildman–Crippen MR) is 127 cm³/mol. The third-order valence-corrected chi connectivity index (χ3v) is 6.41. The number of hydrogen-bond donors (Lipinski definition) is 2. The smallest absolute Gasteiger partial charge is 0.239 e. The van der Waals surface area contributed by atoms with Crippen LogP contribution in [0.15, 0.2) is 72.8 Å². The highest BCUT2D eigenvalue weighted by Gasteiger charge is 2.48. The normalized spacial score (nSPS) is 15.1. The van der Waals surface area contributed by atoms with Crippen LogP contribution in [0.5, 0.6) is 0 Å². The second-order valence-corrected chi connectivity index (χ2v) is 8.67. The fourth-order valence-electron chi connectivity index (χ4n) is 4.53. The first kappa shape index (κ1) is 23.0. The minimum Gasteiger partial charge on any atom is -0.351 e. The number of carbonyl (C=O) groups is 6. The lowest BCUT2D eigenvalue weighted by atomic mass is 10.0. The zero-order valence-electron chi connectivity index (χ0n) is 18.9. The van der Waals surface area contributed by atoms with Gasteiger partial charge >= 0.3 is 0 Å². The first-order valence-electron chi connectivity index (χ1n) is 11.3. The molecule has 0 heterocycles. The zero-order chi connectivity index (χ0) is 25.4. The van der Waals surface area contributed by atoms with Crippen LogP contribution in [-0.2, 0) is 22.7 Å². The maximum atomic E-state index is 13.0. The highest BCUT2D eigenvalue weighted by molar-refractivity contribution is 6.39. The minimum absolute atomic E-state index is 0.0925. The second-order valence-electron chi connectivity index (χ2n) is 8.67. The maximum absolute atomic E-state index is 13.0. The molecule has 3 aromatic carbocycles. The zero-order valence-corrected chi connectivity index (χ0v) is 18.9. The molecule has 0 saturated heterocycles. The van der Waals surface area contributed by atoms with E-state index in [-0.39, 0.29) is 35.3 Å². The lowest BCUT2D eigenvalue weighted by Crippen LogP contribution is -2.36. The van der Waals surface area contributed by atoms with Crippen LogP contribution in [0.25, 0.3) is 0 Å². The number of Topliss-reactive ketones (excluding diaryl/α,β-unsaturated/α-hetero) is 4. The third-order valence-electron chi connectivity index (χ3n) is 6.41. The number of benzene rings is 3. The molecule has 36 heavy (non-hydrogen) atoms. The minimum atomic E-state index is -1.58. The van der Waals surface area contributed by atoms with Gasteiger partial charge in [0.2, 0.25) is 11.8 Å². The lowest BCUT2D eigenvalue weighted by molar-refractivity contribution is -0.123. The van der Waals surface area contributed by atoms with Crippen LogP contribution in [0, 0.1) is 11.8 Å². The van der Waals surface area contributed by atoms with E-state index < -0.39 is 46.8 Å². The van der Waals surface area contributed by atoms with Gasteiger partial charge in [-0.2, -0.15) is 0 Å². The van der Waals surface area contributed by atoms with Crippen LogP contribution in [0.4, 0.5) is 0 Å². The monoisotopic (exact) mass is 480 g/mol. The van der Waals surface area contributed by atoms with Gasteiger partial charge in [0.05, 0.1) is 0 Å². The molecule has 2 aliphatic rings. The van der Waals surface area contributed by atoms with E-state index >= 15 is 0 Å². The van der Waals surface area contributed by atoms with Crippen LogP contribution in [0.1, 0.15) is 52.6 Å². The number of hydrogen-bond acceptors (Lipinski definition) is 6. The molecule has 0 atom stereocenters. The summed E-state index contributed by atoms with van der Waals surface area (Å²) in [6.45, 7) is 0.278. The van der Waals surface area contributed by atoms with E-state index in [0.29, 0.717) is 0 Å². The molecule has 0 aromatic heterocycles. The molecule has 178 valence electrons. The summed E-state index contributed by atoms with van der Waals surface area (Å²) in [5.74, 6) is -7.60. The molecule has 0 unspecified atom stereocenters. The molecule has 0 spiro atoms. The molecule has 8 nitrogen and oxygen atoms in total. The summed E-state index contributed by atoms with van der Waals surface area (Å²) < 4.78 is 0. The average Bonchev–Trinajstić information content (AvgIpc) is 3.29. The van der Waals surface area contributed by atoms with Crippen LogP contribution in [-0.4, -0.2) is 34.9 Å². The van der Waals surface area contributed by atoms with Gasteiger partial charge in [-0.05, 0) is 23.3 Å². The van der Waals surface area contributed by atoms with E-state index in [2.05, 4.69) is 10.6 Å². The van der Waals surface area contributed by atoms with Crippen molar-refractivity contribution in [3.8, 4) is 0 Å². The van der Waals surface area contributed by atoms with E-state index in [1.807, 2.05) is 12.1 Å². The fraction of sp³-hybridized carbons (Fsp3) is 0.143. The van der Waals surface area contributed by atoms with Crippen molar-refractivity contribution >= 4 is 34.9 Å². The first-order chi connectivity index (χ1) is 17.4. The van der Waals surface area contributed by atoms with Crippen molar-refractivity contribution in [2.24, 2.45) is 11.8 Å². The SMILES string of the molecule is O=C(NCc1ccccc1)C1C(=O)c2cc3c(cc2C1=O)C(=O)C(C(=O)NCc1ccccc1)C3=O. The van der Waals surface area contributed by atoms with Crippen molar-refractivity contribution < 1.29 is 28.8 Å². The predicted octanol–water partition coefficient (Wildman–Crippen LogP) is 2.31. The fourth-order valence-corrected chi connectivity index (χ4v) is 4.53. The molecule has 2 amide bonds. The Morgan fingerprint density at radius 2 is 0.833 bits per heavy atom. The van der Waals surface area contributed by atoms with E-state index in [4.69, 9.17) is 0 Å². The number of fused-ring (bicyclic) bond motifs is 2. The standard InChI is InChI=1S/C28H20N2O6/c31-23-17-11-19-20(26(34)22(25(19)33)28(36)30-14-16-9-5-2-6-10-16)12-18(17)24(32)21(23)27(35)29-13-15-7-3-1-4-8-15/h1-12,21-22H,13-14H2,(H,29,35)(H,30,36). The molecule has 0 saturated carbocycles. The van der Waals surface area contributed by atoms with E-state index in [0.717, 1.165) is 11.1 Å². The Kier molecular flexibility index (Phi) is 5.85. The summed E-state index contributed by atoms with van der Waals surface area (Å²) in [6.07, 6.45) is 0. The van der Waals surface area contributed by atoms with E-state index in [9.17, 15) is 28.8 Å². The van der Waals surface area contributed by atoms with Gasteiger partial charge < -0.3 is 10.6 Å². The molecule has 0 radical (unpaired) electrons. The Morgan fingerprint density at radius 1 is 0.528 bits per heavy atom. The van der Waals surface area contributed by atoms with Gasteiger partial charge in [-0.3, -0.25) is 28.8 Å². The third kappa shape index (κ3) is 3.92. The van der Waals surface area contributed by atoms with Crippen molar-refractivity contribution in [3.63, 3.8) is 0 Å². The highest BCUT2D eigenvalue weighted by Crippen LogP contribution is 2.35. The number of carbonyl (C=O) groups excluding carboxylic acids is 6. The van der Waals surface area contributed by atoms with E-state index in [1.165, 1.54) is 12.1 Å². The Balaban J connectivity index is 1.33. The molecule has 0 fully saturated rings. The summed E-state index contributed by atoms with van der Waals surface area (Å²) >= 11 is 0. The van der Waals surface area contributed by atoms with Crippen molar-refractivity contribution in [2.45, 2.75) is 13.1 Å². The van der Waals surface area contributed by atoms with Crippen LogP contribution >= 0.6 is 0 Å². The van der Waals surface area contributed by atoms with Gasteiger partial charge in [-0.1, -0.05) is 60.7 Å². The molecule has 0 bridgehead atoms. The van der Waals surface area contributed by atoms with Crippen molar-refractivity contribution in [2.75, 3.05) is 0 Å². The summed E-state index contributed by atoms with van der Waals surface area (Å²) in [5.41, 5.74) is 1.23. The summed E-state index contributed by atoms with van der Waals surface area (Å²) in [6, 6.07) is 20.4. The Bertz CT molecular complexity index is 1280. The molecule has 0 aliphatic heterocycles. The highest BCUT2D eigenvalue weighted by atomic mass is 16.2. The number of rotatable bonds is 6. The van der Waals surface area contributed by atoms with Crippen molar-refractivity contribution in [3.05, 3.63) is 106 Å². The Morgan fingerprint density at radius 3 is 1.14 bits per heavy atom. The number of amides is 2. The maximum Gasteiger partial charge on any atom is 0.239 e. The molecule has 2 N–H and O–H groups in total. The first-order valence-corrected chi connectivity index (χ1v) is 11.3. The molecule has 8 heteroatoms. The van der Waals surface area contributed by atoms with Crippen LogP contribution in [0.3, 0.4) is 0 Å².